The number of hydrogen-bond donors (Lipinski definition) is 2. The van der Waals surface area contributed by atoms with Crippen molar-refractivity contribution in [1.82, 2.24) is 35.6 Å². The van der Waals surface area contributed by atoms with Gasteiger partial charge in [0.05, 0.1) is 6.20 Å². The van der Waals surface area contributed by atoms with Crippen molar-refractivity contribution >= 4 is 41.3 Å². The Hall–Kier alpha value is -3.11. The zero-order valence-corrected chi connectivity index (χ0v) is 18.4. The molecule has 14 nitrogen and oxygen atoms in total. The first-order valence-electron chi connectivity index (χ1n) is 9.02. The predicted molar refractivity (Wildman–Crippen MR) is 107 cm³/mol. The van der Waals surface area contributed by atoms with E-state index >= 15 is 0 Å². The Labute approximate surface area is 188 Å². The lowest BCUT2D eigenvalue weighted by Gasteiger charge is -2.55. The summed E-state index contributed by atoms with van der Waals surface area (Å²) in [7, 11) is 2.94. The molecule has 1 fully saturated rings. The average molecular weight is 483 g/mol. The molecule has 32 heavy (non-hydrogen) atoms. The van der Waals surface area contributed by atoms with Gasteiger partial charge in [0.15, 0.2) is 6.61 Å². The molecule has 16 heteroatoms. The number of rotatable bonds is 9. The molecule has 0 aromatic carbocycles. The topological polar surface area (TPSA) is 175 Å². The van der Waals surface area contributed by atoms with E-state index in [0.29, 0.717) is 16.5 Å². The zero-order chi connectivity index (χ0) is 22.9. The van der Waals surface area contributed by atoms with E-state index in [0.717, 1.165) is 4.90 Å². The van der Waals surface area contributed by atoms with E-state index in [4.69, 9.17) is 14.0 Å². The van der Waals surface area contributed by atoms with Crippen molar-refractivity contribution in [3.63, 3.8) is 0 Å². The maximum absolute atomic E-state index is 13.0. The number of carboxylic acid groups (broad SMARTS) is 1. The van der Waals surface area contributed by atoms with Gasteiger partial charge in [-0.1, -0.05) is 16.9 Å². The molecule has 1 saturated heterocycles. The number of thioether (sulfide) groups is 2. The zero-order valence-electron chi connectivity index (χ0n) is 16.7. The molecule has 0 saturated carbocycles. The van der Waals surface area contributed by atoms with Gasteiger partial charge >= 0.3 is 11.9 Å². The monoisotopic (exact) mass is 483 g/mol. The Morgan fingerprint density at radius 2 is 2.31 bits per heavy atom. The van der Waals surface area contributed by atoms with Crippen LogP contribution in [0.1, 0.15) is 0 Å². The van der Waals surface area contributed by atoms with Crippen LogP contribution in [0.4, 0.5) is 0 Å². The van der Waals surface area contributed by atoms with Crippen LogP contribution >= 0.6 is 23.5 Å². The number of carbonyl (C=O) groups excluding carboxylic acids is 2. The summed E-state index contributed by atoms with van der Waals surface area (Å²) in [4.78, 5) is 38.5. The number of hydrogen-bond acceptors (Lipinski definition) is 12. The molecule has 4 heterocycles. The Balaban J connectivity index is 1.49. The average Bonchev–Trinajstić information content (AvgIpc) is 3.45. The van der Waals surface area contributed by atoms with Crippen LogP contribution in [0.5, 0.6) is 5.95 Å². The third-order valence-electron chi connectivity index (χ3n) is 4.68. The van der Waals surface area contributed by atoms with Gasteiger partial charge in [-0.15, -0.1) is 16.9 Å². The first-order chi connectivity index (χ1) is 15.4. The minimum Gasteiger partial charge on any atom is -0.477 e. The van der Waals surface area contributed by atoms with Gasteiger partial charge in [0.1, 0.15) is 11.1 Å². The number of carboxylic acids is 1. The Morgan fingerprint density at radius 1 is 1.50 bits per heavy atom. The number of nitrogens with one attached hydrogen (secondary N) is 1. The summed E-state index contributed by atoms with van der Waals surface area (Å²) in [5.41, 5.74) is -1.31. The fourth-order valence-electron chi connectivity index (χ4n) is 3.21. The number of β-lactam (4-membered cyclic amide) rings is 1. The molecule has 2 aliphatic rings. The fraction of sp³-hybridized carbons (Fsp3) is 0.438. The summed E-state index contributed by atoms with van der Waals surface area (Å²) in [6.07, 6.45) is 1.35. The van der Waals surface area contributed by atoms with E-state index in [1.165, 1.54) is 47.6 Å². The van der Waals surface area contributed by atoms with Crippen molar-refractivity contribution in [3.8, 4) is 5.95 Å². The summed E-state index contributed by atoms with van der Waals surface area (Å²) in [5, 5.41) is 26.6. The largest absolute Gasteiger partial charge is 0.477 e. The second kappa shape index (κ2) is 8.79. The number of carbonyl (C=O) groups is 3. The van der Waals surface area contributed by atoms with E-state index in [1.54, 1.807) is 7.05 Å². The van der Waals surface area contributed by atoms with Gasteiger partial charge in [0, 0.05) is 31.7 Å². The van der Waals surface area contributed by atoms with Gasteiger partial charge in [0.2, 0.25) is 5.16 Å². The molecule has 2 aliphatic heterocycles. The van der Waals surface area contributed by atoms with Gasteiger partial charge in [-0.2, -0.15) is 0 Å². The van der Waals surface area contributed by atoms with Crippen molar-refractivity contribution in [2.75, 3.05) is 25.2 Å². The normalized spacial score (nSPS) is 22.4. The van der Waals surface area contributed by atoms with Crippen LogP contribution in [-0.2, 0) is 26.2 Å². The second-order valence-electron chi connectivity index (χ2n) is 6.58. The number of nitrogens with zero attached hydrogens (tertiary/aromatic N) is 6. The molecule has 2 aromatic heterocycles. The molecule has 4 rings (SSSR count). The minimum atomic E-state index is -1.71. The maximum Gasteiger partial charge on any atom is 0.352 e. The van der Waals surface area contributed by atoms with Crippen LogP contribution in [-0.4, -0.2) is 89.5 Å². The summed E-state index contributed by atoms with van der Waals surface area (Å²) < 4.78 is 16.7. The highest BCUT2D eigenvalue weighted by Gasteiger charge is 2.66. The minimum absolute atomic E-state index is 0.0385. The highest BCUT2D eigenvalue weighted by Crippen LogP contribution is 2.47. The summed E-state index contributed by atoms with van der Waals surface area (Å²) in [6, 6.07) is 1.42. The van der Waals surface area contributed by atoms with Crippen molar-refractivity contribution < 1.29 is 33.5 Å². The highest BCUT2D eigenvalue weighted by molar-refractivity contribution is 8.01. The first-order valence-corrected chi connectivity index (χ1v) is 11.1. The van der Waals surface area contributed by atoms with Crippen LogP contribution in [0.3, 0.4) is 0 Å². The Kier molecular flexibility index (Phi) is 6.07. The van der Waals surface area contributed by atoms with Crippen LogP contribution in [0, 0.1) is 0 Å². The lowest BCUT2D eigenvalue weighted by molar-refractivity contribution is -0.192. The van der Waals surface area contributed by atoms with Crippen LogP contribution < -0.4 is 10.1 Å². The fourth-order valence-corrected chi connectivity index (χ4v) is 5.64. The molecule has 0 aliphatic carbocycles. The molecule has 0 radical (unpaired) electrons. The van der Waals surface area contributed by atoms with Gasteiger partial charge in [-0.25, -0.2) is 9.48 Å². The van der Waals surface area contributed by atoms with E-state index in [2.05, 4.69) is 26.0 Å². The number of methoxy groups -OCH3 is 1. The molecular weight excluding hydrogens is 466 g/mol. The number of aliphatic carboxylic acids is 1. The van der Waals surface area contributed by atoms with Crippen molar-refractivity contribution in [1.29, 1.82) is 0 Å². The smallest absolute Gasteiger partial charge is 0.352 e. The van der Waals surface area contributed by atoms with Gasteiger partial charge in [0.25, 0.3) is 17.5 Å². The molecule has 0 spiro atoms. The number of ether oxygens (including phenoxy) is 2. The van der Waals surface area contributed by atoms with E-state index in [9.17, 15) is 19.5 Å². The van der Waals surface area contributed by atoms with E-state index in [-0.39, 0.29) is 17.4 Å². The Bertz CT molecular complexity index is 1070. The van der Waals surface area contributed by atoms with Gasteiger partial charge < -0.3 is 24.4 Å². The van der Waals surface area contributed by atoms with Gasteiger partial charge in [-0.3, -0.25) is 14.5 Å². The summed E-state index contributed by atoms with van der Waals surface area (Å²) in [5.74, 6) is -1.96. The standard InChI is InChI=1S/C16H17N7O7S2/c1-22-15(19-20-21-22)32-7-8-6-31-14-16(28-2,13(27)23(14)11(8)12(25)26)18-9(24)5-29-10-3-4-17-30-10/h3-4,14H,5-7H2,1-2H3,(H,18,24)(H,25,26)/t14-,16+/m1/s1. The molecule has 2 N–H and O–H groups in total. The Morgan fingerprint density at radius 3 is 2.94 bits per heavy atom. The van der Waals surface area contributed by atoms with Crippen molar-refractivity contribution in [2.45, 2.75) is 16.3 Å². The third-order valence-corrected chi connectivity index (χ3v) is 7.15. The quantitative estimate of drug-likeness (QED) is 0.255. The molecule has 2 aromatic rings. The molecule has 2 amide bonds. The summed E-state index contributed by atoms with van der Waals surface area (Å²) >= 11 is 2.53. The predicted octanol–water partition coefficient (Wildman–Crippen LogP) is -0.918. The number of fused-ring (bicyclic) bond motifs is 1. The van der Waals surface area contributed by atoms with Crippen LogP contribution in [0.15, 0.2) is 33.2 Å². The molecule has 0 unspecified atom stereocenters. The lowest BCUT2D eigenvalue weighted by atomic mass is 9.98. The number of amides is 2. The first kappa shape index (κ1) is 22.1. The second-order valence-corrected chi connectivity index (χ2v) is 8.59. The molecule has 2 atom stereocenters. The van der Waals surface area contributed by atoms with Crippen LogP contribution in [0.25, 0.3) is 0 Å². The molecular formula is C16H17N7O7S2. The summed E-state index contributed by atoms with van der Waals surface area (Å²) in [6.45, 7) is -0.444. The molecule has 170 valence electrons. The number of tetrazole rings is 1. The van der Waals surface area contributed by atoms with E-state index in [1.807, 2.05) is 0 Å². The van der Waals surface area contributed by atoms with Crippen molar-refractivity contribution in [3.05, 3.63) is 23.5 Å². The van der Waals surface area contributed by atoms with Gasteiger partial charge in [-0.05, 0) is 16.0 Å². The lowest BCUT2D eigenvalue weighted by Crippen LogP contribution is -2.81. The SMILES string of the molecule is CO[C@@]1(NC(=O)COc2ccno2)C(=O)N2C(C(=O)O)=C(CSc3nnnn3C)CS[C@@H]21. The molecule has 0 bridgehead atoms. The van der Waals surface area contributed by atoms with Crippen molar-refractivity contribution in [2.24, 2.45) is 7.05 Å². The van der Waals surface area contributed by atoms with Crippen LogP contribution in [0.2, 0.25) is 0 Å². The third kappa shape index (κ3) is 3.80. The number of aryl methyl sites for hydroxylation is 1. The maximum atomic E-state index is 13.0. The van der Waals surface area contributed by atoms with E-state index < -0.39 is 35.5 Å². The highest BCUT2D eigenvalue weighted by atomic mass is 32.2. The number of aromatic nitrogens is 5.